The second-order valence-electron chi connectivity index (χ2n) is 3.91. The minimum Gasteiger partial charge on any atom is -0.397 e. The van der Waals surface area contributed by atoms with E-state index in [1.54, 1.807) is 11.3 Å². The molecular weight excluding hydrogens is 230 g/mol. The summed E-state index contributed by atoms with van der Waals surface area (Å²) in [5, 5.41) is 2.10. The van der Waals surface area contributed by atoms with E-state index < -0.39 is 0 Å². The summed E-state index contributed by atoms with van der Waals surface area (Å²) in [6.45, 7) is 4.00. The van der Waals surface area contributed by atoms with Crippen LogP contribution in [0.4, 0.5) is 17.1 Å². The van der Waals surface area contributed by atoms with Crippen molar-refractivity contribution in [2.75, 3.05) is 22.9 Å². The molecule has 3 nitrogen and oxygen atoms in total. The second kappa shape index (κ2) is 5.10. The maximum atomic E-state index is 5.84. The van der Waals surface area contributed by atoms with Crippen LogP contribution in [0.15, 0.2) is 35.7 Å². The van der Waals surface area contributed by atoms with Crippen LogP contribution >= 0.6 is 11.3 Å². The lowest BCUT2D eigenvalue weighted by atomic mass is 10.2. The highest BCUT2D eigenvalue weighted by atomic mass is 32.1. The molecule has 0 saturated carbocycles. The number of rotatable bonds is 4. The van der Waals surface area contributed by atoms with Gasteiger partial charge in [-0.25, -0.2) is 0 Å². The van der Waals surface area contributed by atoms with Crippen LogP contribution in [0.2, 0.25) is 0 Å². The van der Waals surface area contributed by atoms with E-state index in [-0.39, 0.29) is 0 Å². The minimum atomic E-state index is 0.640. The van der Waals surface area contributed by atoms with Gasteiger partial charge in [0.05, 0.1) is 17.9 Å². The van der Waals surface area contributed by atoms with Crippen molar-refractivity contribution in [3.8, 4) is 0 Å². The van der Waals surface area contributed by atoms with Crippen molar-refractivity contribution in [2.45, 2.75) is 13.5 Å². The Morgan fingerprint density at radius 2 is 2.00 bits per heavy atom. The zero-order valence-electron chi connectivity index (χ0n) is 9.89. The highest BCUT2D eigenvalue weighted by Gasteiger charge is 2.07. The summed E-state index contributed by atoms with van der Waals surface area (Å²) >= 11 is 1.77. The molecule has 0 radical (unpaired) electrons. The van der Waals surface area contributed by atoms with Gasteiger partial charge in [0, 0.05) is 17.1 Å². The molecule has 0 saturated heterocycles. The average Bonchev–Trinajstić information content (AvgIpc) is 2.82. The molecule has 1 heterocycles. The Balaban J connectivity index is 2.20. The van der Waals surface area contributed by atoms with Crippen molar-refractivity contribution >= 4 is 28.4 Å². The predicted molar refractivity (Wildman–Crippen MR) is 76.3 cm³/mol. The maximum Gasteiger partial charge on any atom is 0.0568 e. The summed E-state index contributed by atoms with van der Waals surface area (Å²) in [6, 6.07) is 10.0. The number of hydrogen-bond acceptors (Lipinski definition) is 4. The largest absolute Gasteiger partial charge is 0.397 e. The molecule has 4 N–H and O–H groups in total. The molecule has 4 heteroatoms. The maximum absolute atomic E-state index is 5.84. The zero-order chi connectivity index (χ0) is 12.3. The molecule has 90 valence electrons. The van der Waals surface area contributed by atoms with Gasteiger partial charge in [-0.05, 0) is 36.6 Å². The van der Waals surface area contributed by atoms with Crippen LogP contribution < -0.4 is 16.4 Å². The Morgan fingerprint density at radius 3 is 2.59 bits per heavy atom. The van der Waals surface area contributed by atoms with Gasteiger partial charge in [-0.2, -0.15) is 0 Å². The van der Waals surface area contributed by atoms with Gasteiger partial charge in [-0.15, -0.1) is 11.3 Å². The summed E-state index contributed by atoms with van der Waals surface area (Å²) < 4.78 is 0. The average molecular weight is 247 g/mol. The molecule has 0 spiro atoms. The molecule has 0 bridgehead atoms. The zero-order valence-corrected chi connectivity index (χ0v) is 10.7. The second-order valence-corrected chi connectivity index (χ2v) is 4.94. The van der Waals surface area contributed by atoms with Gasteiger partial charge >= 0.3 is 0 Å². The molecule has 1 aromatic heterocycles. The third kappa shape index (κ3) is 2.71. The Labute approximate surface area is 106 Å². The first-order chi connectivity index (χ1) is 8.20. The van der Waals surface area contributed by atoms with Crippen LogP contribution in [0.1, 0.15) is 11.8 Å². The molecule has 0 amide bonds. The molecule has 0 unspecified atom stereocenters. The van der Waals surface area contributed by atoms with Gasteiger partial charge in [0.1, 0.15) is 0 Å². The van der Waals surface area contributed by atoms with Gasteiger partial charge in [0.25, 0.3) is 0 Å². The van der Waals surface area contributed by atoms with E-state index in [0.29, 0.717) is 11.4 Å². The summed E-state index contributed by atoms with van der Waals surface area (Å²) in [6.07, 6.45) is 0. The molecule has 17 heavy (non-hydrogen) atoms. The Morgan fingerprint density at radius 1 is 1.18 bits per heavy atom. The fourth-order valence-electron chi connectivity index (χ4n) is 1.74. The molecule has 0 fully saturated rings. The number of benzene rings is 1. The van der Waals surface area contributed by atoms with E-state index in [2.05, 4.69) is 29.3 Å². The summed E-state index contributed by atoms with van der Waals surface area (Å²) in [7, 11) is 0. The topological polar surface area (TPSA) is 55.3 Å². The Kier molecular flexibility index (Phi) is 3.54. The van der Waals surface area contributed by atoms with E-state index >= 15 is 0 Å². The molecule has 0 aliphatic carbocycles. The third-order valence-corrected chi connectivity index (χ3v) is 3.61. The lowest BCUT2D eigenvalue weighted by molar-refractivity contribution is 0.843. The van der Waals surface area contributed by atoms with Crippen LogP contribution in [0, 0.1) is 0 Å². The number of nitrogens with zero attached hydrogens (tertiary/aromatic N) is 1. The van der Waals surface area contributed by atoms with Gasteiger partial charge in [0.2, 0.25) is 0 Å². The van der Waals surface area contributed by atoms with Crippen LogP contribution in [-0.2, 0) is 6.54 Å². The number of nitrogens with two attached hydrogens (primary N) is 2. The monoisotopic (exact) mass is 247 g/mol. The molecule has 0 aliphatic rings. The van der Waals surface area contributed by atoms with Gasteiger partial charge in [-0.1, -0.05) is 6.07 Å². The number of hydrogen-bond donors (Lipinski definition) is 2. The van der Waals surface area contributed by atoms with E-state index in [1.165, 1.54) is 4.88 Å². The van der Waals surface area contributed by atoms with Gasteiger partial charge in [-0.3, -0.25) is 0 Å². The molecule has 0 atom stereocenters. The third-order valence-electron chi connectivity index (χ3n) is 2.74. The van der Waals surface area contributed by atoms with Crippen LogP contribution in [-0.4, -0.2) is 6.54 Å². The molecule has 2 rings (SSSR count). The first kappa shape index (κ1) is 11.8. The summed E-state index contributed by atoms with van der Waals surface area (Å²) in [5.74, 6) is 0. The Bertz CT molecular complexity index is 479. The van der Waals surface area contributed by atoms with Crippen molar-refractivity contribution < 1.29 is 0 Å². The quantitative estimate of drug-likeness (QED) is 0.817. The highest BCUT2D eigenvalue weighted by molar-refractivity contribution is 7.09. The fraction of sp³-hybridized carbons (Fsp3) is 0.231. The number of anilines is 3. The molecular formula is C13H17N3S. The number of nitrogen functional groups attached to an aromatic ring is 2. The normalized spacial score (nSPS) is 10.4. The van der Waals surface area contributed by atoms with Crippen LogP contribution in [0.5, 0.6) is 0 Å². The standard InChI is InChI=1S/C13H17N3S/c1-2-16(9-11-4-3-7-17-11)10-5-6-12(14)13(15)8-10/h3-8H,2,9,14-15H2,1H3. The SMILES string of the molecule is CCN(Cc1cccs1)c1ccc(N)c(N)c1. The lowest BCUT2D eigenvalue weighted by Crippen LogP contribution is -2.21. The van der Waals surface area contributed by atoms with E-state index in [9.17, 15) is 0 Å². The van der Waals surface area contributed by atoms with Crippen molar-refractivity contribution in [1.82, 2.24) is 0 Å². The van der Waals surface area contributed by atoms with E-state index in [0.717, 1.165) is 18.8 Å². The summed E-state index contributed by atoms with van der Waals surface area (Å²) in [4.78, 5) is 3.63. The minimum absolute atomic E-state index is 0.640. The molecule has 1 aromatic carbocycles. The smallest absolute Gasteiger partial charge is 0.0568 e. The van der Waals surface area contributed by atoms with Crippen molar-refractivity contribution in [3.63, 3.8) is 0 Å². The fourth-order valence-corrected chi connectivity index (χ4v) is 2.45. The van der Waals surface area contributed by atoms with Crippen LogP contribution in [0.25, 0.3) is 0 Å². The van der Waals surface area contributed by atoms with Crippen molar-refractivity contribution in [3.05, 3.63) is 40.6 Å². The van der Waals surface area contributed by atoms with Crippen molar-refractivity contribution in [2.24, 2.45) is 0 Å². The molecule has 2 aromatic rings. The Hall–Kier alpha value is -1.68. The van der Waals surface area contributed by atoms with E-state index in [4.69, 9.17) is 11.5 Å². The highest BCUT2D eigenvalue weighted by Crippen LogP contribution is 2.25. The first-order valence-electron chi connectivity index (χ1n) is 5.63. The predicted octanol–water partition coefficient (Wildman–Crippen LogP) is 2.94. The molecule has 0 aliphatic heterocycles. The summed E-state index contributed by atoms with van der Waals surface area (Å²) in [5.41, 5.74) is 14.0. The first-order valence-corrected chi connectivity index (χ1v) is 6.51. The number of thiophene rings is 1. The van der Waals surface area contributed by atoms with Gasteiger partial charge in [0.15, 0.2) is 0 Å². The van der Waals surface area contributed by atoms with Crippen molar-refractivity contribution in [1.29, 1.82) is 0 Å². The van der Waals surface area contributed by atoms with Gasteiger partial charge < -0.3 is 16.4 Å². The lowest BCUT2D eigenvalue weighted by Gasteiger charge is -2.23. The van der Waals surface area contributed by atoms with E-state index in [1.807, 2.05) is 18.2 Å². The van der Waals surface area contributed by atoms with Crippen LogP contribution in [0.3, 0.4) is 0 Å².